The second-order valence-corrected chi connectivity index (χ2v) is 6.86. The molecule has 106 valence electrons. The molecule has 0 aliphatic carbocycles. The molecule has 0 aliphatic heterocycles. The first-order chi connectivity index (χ1) is 9.52. The second-order valence-electron chi connectivity index (χ2n) is 4.04. The molecule has 0 aromatic carbocycles. The summed E-state index contributed by atoms with van der Waals surface area (Å²) in [6, 6.07) is 1.99. The fourth-order valence-electron chi connectivity index (χ4n) is 1.67. The average Bonchev–Trinajstić information content (AvgIpc) is 2.80. The molecular weight excluding hydrogens is 360 g/mol. The van der Waals surface area contributed by atoms with E-state index in [-0.39, 0.29) is 5.56 Å². The van der Waals surface area contributed by atoms with Gasteiger partial charge in [-0.3, -0.25) is 0 Å². The number of aromatic nitrogens is 2. The zero-order valence-corrected chi connectivity index (χ0v) is 14.2. The Kier molecular flexibility index (Phi) is 5.17. The Hall–Kier alpha value is -0.920. The predicted molar refractivity (Wildman–Crippen MR) is 84.7 cm³/mol. The van der Waals surface area contributed by atoms with E-state index in [1.165, 1.54) is 16.6 Å². The molecule has 1 N–H and O–H groups in total. The van der Waals surface area contributed by atoms with Crippen molar-refractivity contribution in [3.8, 4) is 0 Å². The number of carbonyl (C=O) groups is 1. The number of thiophene rings is 1. The Bertz CT molecular complexity index is 643. The number of halogens is 1. The number of hydrogen-bond acceptors (Lipinski definition) is 5. The summed E-state index contributed by atoms with van der Waals surface area (Å²) >= 11 is 6.56. The summed E-state index contributed by atoms with van der Waals surface area (Å²) in [6.07, 6.45) is 0.691. The highest BCUT2D eigenvalue weighted by Gasteiger charge is 2.18. The normalized spacial score (nSPS) is 10.8. The molecule has 0 aliphatic rings. The van der Waals surface area contributed by atoms with Crippen molar-refractivity contribution in [3.05, 3.63) is 37.9 Å². The van der Waals surface area contributed by atoms with Gasteiger partial charge >= 0.3 is 5.97 Å². The van der Waals surface area contributed by atoms with Crippen molar-refractivity contribution in [1.29, 1.82) is 0 Å². The number of carboxylic acid groups (broad SMARTS) is 1. The lowest BCUT2D eigenvalue weighted by molar-refractivity contribution is 0.0690. The van der Waals surface area contributed by atoms with Crippen LogP contribution in [0, 0.1) is 6.92 Å². The fraction of sp³-hybridized carbons (Fsp3) is 0.308. The zero-order chi connectivity index (χ0) is 14.7. The minimum Gasteiger partial charge on any atom is -0.478 e. The van der Waals surface area contributed by atoms with E-state index in [4.69, 9.17) is 0 Å². The van der Waals surface area contributed by atoms with Crippen LogP contribution in [0.25, 0.3) is 0 Å². The lowest BCUT2D eigenvalue weighted by Gasteiger charge is -2.09. The summed E-state index contributed by atoms with van der Waals surface area (Å²) in [6.45, 7) is 3.68. The molecule has 0 fully saturated rings. The van der Waals surface area contributed by atoms with Crippen molar-refractivity contribution < 1.29 is 9.90 Å². The van der Waals surface area contributed by atoms with Gasteiger partial charge in [0.1, 0.15) is 16.4 Å². The maximum Gasteiger partial charge on any atom is 0.340 e. The maximum absolute atomic E-state index is 11.4. The van der Waals surface area contributed by atoms with Gasteiger partial charge < -0.3 is 5.11 Å². The van der Waals surface area contributed by atoms with Gasteiger partial charge in [-0.05, 0) is 34.3 Å². The number of thioether (sulfide) groups is 1. The van der Waals surface area contributed by atoms with Crippen LogP contribution in [0.5, 0.6) is 0 Å². The molecular formula is C13H13BrN2O2S2. The van der Waals surface area contributed by atoms with E-state index in [9.17, 15) is 9.90 Å². The van der Waals surface area contributed by atoms with Gasteiger partial charge in [0.2, 0.25) is 0 Å². The quantitative estimate of drug-likeness (QED) is 0.630. The Morgan fingerprint density at radius 2 is 2.25 bits per heavy atom. The maximum atomic E-state index is 11.4. The Balaban J connectivity index is 2.31. The van der Waals surface area contributed by atoms with Crippen LogP contribution in [0.2, 0.25) is 0 Å². The molecule has 20 heavy (non-hydrogen) atoms. The summed E-state index contributed by atoms with van der Waals surface area (Å²) in [5.74, 6) is 0.399. The molecule has 2 aromatic rings. The van der Waals surface area contributed by atoms with Gasteiger partial charge in [-0.15, -0.1) is 11.3 Å². The summed E-state index contributed by atoms with van der Waals surface area (Å²) in [5, 5.41) is 11.9. The number of rotatable bonds is 5. The standard InChI is InChI=1S/C13H13BrN2O2S2/c1-3-10-15-7(2)11(13(17)18)12(16-10)20-6-9-8(14)4-5-19-9/h4-5H,3,6H2,1-2H3,(H,17,18). The third kappa shape index (κ3) is 3.39. The molecule has 0 radical (unpaired) electrons. The molecule has 0 spiro atoms. The topological polar surface area (TPSA) is 63.1 Å². The first kappa shape index (κ1) is 15.5. The number of hydrogen-bond donors (Lipinski definition) is 1. The lowest BCUT2D eigenvalue weighted by Crippen LogP contribution is -2.09. The Morgan fingerprint density at radius 3 is 2.80 bits per heavy atom. The summed E-state index contributed by atoms with van der Waals surface area (Å²) in [4.78, 5) is 21.1. The molecule has 0 atom stereocenters. The molecule has 0 unspecified atom stereocenters. The number of carboxylic acids is 1. The largest absolute Gasteiger partial charge is 0.478 e. The molecule has 2 rings (SSSR count). The highest BCUT2D eigenvalue weighted by molar-refractivity contribution is 9.10. The molecule has 0 amide bonds. The van der Waals surface area contributed by atoms with Crippen molar-refractivity contribution >= 4 is 45.0 Å². The van der Waals surface area contributed by atoms with E-state index < -0.39 is 5.97 Å². The van der Waals surface area contributed by atoms with E-state index >= 15 is 0 Å². The summed E-state index contributed by atoms with van der Waals surface area (Å²) < 4.78 is 1.05. The molecule has 0 saturated heterocycles. The average molecular weight is 373 g/mol. The van der Waals surface area contributed by atoms with Crippen molar-refractivity contribution in [2.75, 3.05) is 0 Å². The molecule has 4 nitrogen and oxygen atoms in total. The van der Waals surface area contributed by atoms with E-state index in [0.29, 0.717) is 28.7 Å². The van der Waals surface area contributed by atoms with Gasteiger partial charge in [0.15, 0.2) is 0 Å². The SMILES string of the molecule is CCc1nc(C)c(C(=O)O)c(SCc2sccc2Br)n1. The molecule has 2 heterocycles. The zero-order valence-electron chi connectivity index (χ0n) is 11.0. The van der Waals surface area contributed by atoms with Gasteiger partial charge in [-0.2, -0.15) is 0 Å². The van der Waals surface area contributed by atoms with Crippen molar-refractivity contribution in [1.82, 2.24) is 9.97 Å². The third-order valence-electron chi connectivity index (χ3n) is 2.66. The summed E-state index contributed by atoms with van der Waals surface area (Å²) in [5.41, 5.74) is 0.733. The fourth-order valence-corrected chi connectivity index (χ4v) is 4.56. The van der Waals surface area contributed by atoms with Crippen LogP contribution in [-0.2, 0) is 12.2 Å². The highest BCUT2D eigenvalue weighted by atomic mass is 79.9. The van der Waals surface area contributed by atoms with Gasteiger partial charge in [0.25, 0.3) is 0 Å². The van der Waals surface area contributed by atoms with Crippen LogP contribution in [0.3, 0.4) is 0 Å². The monoisotopic (exact) mass is 372 g/mol. The Labute approximate surface area is 133 Å². The number of aromatic carboxylic acids is 1. The third-order valence-corrected chi connectivity index (χ3v) is 5.78. The molecule has 2 aromatic heterocycles. The number of aryl methyl sites for hydroxylation is 2. The van der Waals surface area contributed by atoms with Gasteiger partial charge in [-0.1, -0.05) is 18.7 Å². The predicted octanol–water partition coefficient (Wildman–Crippen LogP) is 4.16. The van der Waals surface area contributed by atoms with E-state index in [2.05, 4.69) is 25.9 Å². The van der Waals surface area contributed by atoms with Crippen molar-refractivity contribution in [2.24, 2.45) is 0 Å². The Morgan fingerprint density at radius 1 is 1.50 bits per heavy atom. The molecule has 7 heteroatoms. The van der Waals surface area contributed by atoms with Crippen LogP contribution in [0.1, 0.15) is 33.7 Å². The van der Waals surface area contributed by atoms with Crippen molar-refractivity contribution in [3.63, 3.8) is 0 Å². The first-order valence-electron chi connectivity index (χ1n) is 5.98. The van der Waals surface area contributed by atoms with Crippen LogP contribution in [0.4, 0.5) is 0 Å². The van der Waals surface area contributed by atoms with E-state index in [1.54, 1.807) is 18.3 Å². The minimum absolute atomic E-state index is 0.208. The van der Waals surface area contributed by atoms with Gasteiger partial charge in [0.05, 0.1) is 5.69 Å². The molecule has 0 saturated carbocycles. The lowest BCUT2D eigenvalue weighted by atomic mass is 10.2. The summed E-state index contributed by atoms with van der Waals surface area (Å²) in [7, 11) is 0. The van der Waals surface area contributed by atoms with Gasteiger partial charge in [-0.25, -0.2) is 14.8 Å². The smallest absolute Gasteiger partial charge is 0.340 e. The minimum atomic E-state index is -0.974. The van der Waals surface area contributed by atoms with Gasteiger partial charge in [0, 0.05) is 21.5 Å². The first-order valence-corrected chi connectivity index (χ1v) is 8.64. The second kappa shape index (κ2) is 6.69. The number of nitrogens with zero attached hydrogens (tertiary/aromatic N) is 2. The van der Waals surface area contributed by atoms with Crippen molar-refractivity contribution in [2.45, 2.75) is 31.0 Å². The van der Waals surface area contributed by atoms with Crippen LogP contribution in [-0.4, -0.2) is 21.0 Å². The van der Waals surface area contributed by atoms with E-state index in [1.807, 2.05) is 18.4 Å². The van der Waals surface area contributed by atoms with E-state index in [0.717, 1.165) is 4.47 Å². The highest BCUT2D eigenvalue weighted by Crippen LogP contribution is 2.32. The van der Waals surface area contributed by atoms with Crippen LogP contribution in [0.15, 0.2) is 20.9 Å². The van der Waals surface area contributed by atoms with Crippen LogP contribution >= 0.6 is 39.0 Å². The molecule has 0 bridgehead atoms. The van der Waals surface area contributed by atoms with Crippen LogP contribution < -0.4 is 0 Å².